The van der Waals surface area contributed by atoms with E-state index in [-0.39, 0.29) is 5.69 Å². The normalized spacial score (nSPS) is 18.1. The van der Waals surface area contributed by atoms with Gasteiger partial charge in [0, 0.05) is 11.3 Å². The van der Waals surface area contributed by atoms with Crippen molar-refractivity contribution in [3.05, 3.63) is 29.3 Å². The Labute approximate surface area is 101 Å². The predicted octanol–water partition coefficient (Wildman–Crippen LogP) is 2.76. The number of benzene rings is 1. The summed E-state index contributed by atoms with van der Waals surface area (Å²) >= 11 is 0. The van der Waals surface area contributed by atoms with Gasteiger partial charge in [0.25, 0.3) is 0 Å². The molecule has 1 heterocycles. The van der Waals surface area contributed by atoms with Crippen LogP contribution >= 0.6 is 0 Å². The zero-order valence-corrected chi connectivity index (χ0v) is 8.89. The second-order valence-electron chi connectivity index (χ2n) is 3.87. The molecule has 0 spiro atoms. The van der Waals surface area contributed by atoms with Gasteiger partial charge < -0.3 is 10.5 Å². The Morgan fingerprint density at radius 1 is 1.05 bits per heavy atom. The van der Waals surface area contributed by atoms with Crippen molar-refractivity contribution in [1.29, 1.82) is 0 Å². The van der Waals surface area contributed by atoms with Crippen LogP contribution in [0, 0.1) is 0 Å². The van der Waals surface area contributed by atoms with Gasteiger partial charge in [0.1, 0.15) is 0 Å². The molecule has 1 aliphatic heterocycles. The highest BCUT2D eigenvalue weighted by Gasteiger charge is 2.78. The highest BCUT2D eigenvalue weighted by molar-refractivity contribution is 5.96. The number of anilines is 1. The third-order valence-electron chi connectivity index (χ3n) is 2.69. The van der Waals surface area contributed by atoms with E-state index in [2.05, 4.69) is 4.74 Å². The standard InChI is InChI=1S/C10H5F6NO2/c11-9(12,13)8(10(14,15)16)6-2-1-4(17)3-5(6)7(18)19-8/h1-3H,17H2. The number of hydrogen-bond donors (Lipinski definition) is 1. The number of esters is 1. The summed E-state index contributed by atoms with van der Waals surface area (Å²) in [6, 6.07) is 2.06. The van der Waals surface area contributed by atoms with Crippen LogP contribution in [0.25, 0.3) is 0 Å². The number of nitrogen functional groups attached to an aromatic ring is 1. The molecule has 0 fully saturated rings. The number of fused-ring (bicyclic) bond motifs is 1. The summed E-state index contributed by atoms with van der Waals surface area (Å²) in [7, 11) is 0. The summed E-state index contributed by atoms with van der Waals surface area (Å²) in [4.78, 5) is 11.2. The molecule has 1 aromatic rings. The lowest BCUT2D eigenvalue weighted by atomic mass is 9.90. The lowest BCUT2D eigenvalue weighted by Crippen LogP contribution is -2.54. The van der Waals surface area contributed by atoms with Crippen LogP contribution in [0.1, 0.15) is 15.9 Å². The highest BCUT2D eigenvalue weighted by Crippen LogP contribution is 2.57. The summed E-state index contributed by atoms with van der Waals surface area (Å²) in [5.74, 6) is -1.71. The first kappa shape index (κ1) is 13.5. The van der Waals surface area contributed by atoms with Crippen LogP contribution in [0.2, 0.25) is 0 Å². The first-order valence-electron chi connectivity index (χ1n) is 4.77. The molecule has 0 aromatic heterocycles. The van der Waals surface area contributed by atoms with Gasteiger partial charge in [0.2, 0.25) is 0 Å². The number of ether oxygens (including phenoxy) is 1. The molecule has 0 aliphatic carbocycles. The first-order chi connectivity index (χ1) is 8.50. The van der Waals surface area contributed by atoms with Crippen LogP contribution in [-0.4, -0.2) is 18.3 Å². The Morgan fingerprint density at radius 3 is 2.05 bits per heavy atom. The molecule has 9 heteroatoms. The Morgan fingerprint density at radius 2 is 1.58 bits per heavy atom. The molecule has 104 valence electrons. The van der Waals surface area contributed by atoms with Crippen molar-refractivity contribution < 1.29 is 35.9 Å². The van der Waals surface area contributed by atoms with Gasteiger partial charge in [-0.15, -0.1) is 0 Å². The topological polar surface area (TPSA) is 52.3 Å². The smallest absolute Gasteiger partial charge is 0.431 e. The van der Waals surface area contributed by atoms with Crippen molar-refractivity contribution in [3.63, 3.8) is 0 Å². The fourth-order valence-electron chi connectivity index (χ4n) is 1.87. The van der Waals surface area contributed by atoms with Crippen molar-refractivity contribution in [2.75, 3.05) is 5.73 Å². The zero-order valence-electron chi connectivity index (χ0n) is 8.89. The van der Waals surface area contributed by atoms with Gasteiger partial charge in [-0.2, -0.15) is 26.3 Å². The molecule has 0 atom stereocenters. The number of alkyl halides is 6. The Hall–Kier alpha value is -1.93. The SMILES string of the molecule is Nc1ccc2c(c1)C(=O)OC2(C(F)(F)F)C(F)(F)F. The van der Waals surface area contributed by atoms with Gasteiger partial charge in [-0.1, -0.05) is 6.07 Å². The van der Waals surface area contributed by atoms with Gasteiger partial charge in [-0.25, -0.2) is 4.79 Å². The molecule has 0 saturated heterocycles. The largest absolute Gasteiger partial charge is 0.442 e. The summed E-state index contributed by atoms with van der Waals surface area (Å²) in [6.45, 7) is 0. The maximum absolute atomic E-state index is 12.8. The number of carbonyl (C=O) groups is 1. The average molecular weight is 285 g/mol. The molecule has 1 aromatic carbocycles. The van der Waals surface area contributed by atoms with Crippen LogP contribution in [0.5, 0.6) is 0 Å². The minimum atomic E-state index is -5.83. The quantitative estimate of drug-likeness (QED) is 0.453. The molecule has 0 amide bonds. The van der Waals surface area contributed by atoms with E-state index in [4.69, 9.17) is 5.73 Å². The lowest BCUT2D eigenvalue weighted by molar-refractivity contribution is -0.369. The van der Waals surface area contributed by atoms with Crippen molar-refractivity contribution >= 4 is 11.7 Å². The van der Waals surface area contributed by atoms with Crippen molar-refractivity contribution in [3.8, 4) is 0 Å². The van der Waals surface area contributed by atoms with E-state index in [9.17, 15) is 31.1 Å². The first-order valence-corrected chi connectivity index (χ1v) is 4.77. The van der Waals surface area contributed by atoms with Crippen molar-refractivity contribution in [1.82, 2.24) is 0 Å². The van der Waals surface area contributed by atoms with E-state index >= 15 is 0 Å². The van der Waals surface area contributed by atoms with E-state index in [0.29, 0.717) is 6.07 Å². The van der Waals surface area contributed by atoms with E-state index in [0.717, 1.165) is 12.1 Å². The van der Waals surface area contributed by atoms with E-state index in [1.54, 1.807) is 0 Å². The molecule has 2 rings (SSSR count). The fraction of sp³-hybridized carbons (Fsp3) is 0.300. The number of cyclic esters (lactones) is 1. The molecule has 3 nitrogen and oxygen atoms in total. The highest BCUT2D eigenvalue weighted by atomic mass is 19.4. The molecule has 0 unspecified atom stereocenters. The van der Waals surface area contributed by atoms with Gasteiger partial charge in [-0.3, -0.25) is 0 Å². The Bertz CT molecular complexity index is 534. The number of hydrogen-bond acceptors (Lipinski definition) is 3. The molecule has 0 radical (unpaired) electrons. The molecule has 2 N–H and O–H groups in total. The number of nitrogens with two attached hydrogens (primary N) is 1. The molecular formula is C10H5F6NO2. The van der Waals surface area contributed by atoms with Gasteiger partial charge in [0.05, 0.1) is 5.56 Å². The summed E-state index contributed by atoms with van der Waals surface area (Å²) in [5, 5.41) is 0. The maximum atomic E-state index is 12.8. The number of halogens is 6. The summed E-state index contributed by atoms with van der Waals surface area (Å²) in [5.41, 5.74) is -1.69. The zero-order chi connectivity index (χ0) is 14.6. The van der Waals surface area contributed by atoms with Gasteiger partial charge >= 0.3 is 23.9 Å². The van der Waals surface area contributed by atoms with Crippen LogP contribution in [0.4, 0.5) is 32.0 Å². The fourth-order valence-corrected chi connectivity index (χ4v) is 1.87. The third kappa shape index (κ3) is 1.64. The minimum absolute atomic E-state index is 0.143. The maximum Gasteiger partial charge on any atom is 0.442 e. The predicted molar refractivity (Wildman–Crippen MR) is 50.1 cm³/mol. The van der Waals surface area contributed by atoms with E-state index in [1.807, 2.05) is 0 Å². The Balaban J connectivity index is 2.79. The number of rotatable bonds is 0. The summed E-state index contributed by atoms with van der Waals surface area (Å²) < 4.78 is 80.7. The second-order valence-corrected chi connectivity index (χ2v) is 3.87. The Kier molecular flexibility index (Phi) is 2.52. The third-order valence-corrected chi connectivity index (χ3v) is 2.69. The van der Waals surface area contributed by atoms with E-state index < -0.39 is 35.0 Å². The van der Waals surface area contributed by atoms with Crippen LogP contribution in [-0.2, 0) is 10.3 Å². The minimum Gasteiger partial charge on any atom is -0.431 e. The van der Waals surface area contributed by atoms with Gasteiger partial charge in [0.15, 0.2) is 0 Å². The molecule has 0 bridgehead atoms. The number of carbonyl (C=O) groups excluding carboxylic acids is 1. The van der Waals surface area contributed by atoms with Crippen LogP contribution < -0.4 is 5.73 Å². The van der Waals surface area contributed by atoms with Crippen LogP contribution in [0.3, 0.4) is 0 Å². The second kappa shape index (κ2) is 3.55. The van der Waals surface area contributed by atoms with Crippen molar-refractivity contribution in [2.45, 2.75) is 18.0 Å². The molecule has 0 saturated carbocycles. The average Bonchev–Trinajstić information content (AvgIpc) is 2.51. The lowest BCUT2D eigenvalue weighted by Gasteiger charge is -2.32. The molecular weight excluding hydrogens is 280 g/mol. The molecule has 19 heavy (non-hydrogen) atoms. The summed E-state index contributed by atoms with van der Waals surface area (Å²) in [6.07, 6.45) is -11.7. The van der Waals surface area contributed by atoms with Gasteiger partial charge in [-0.05, 0) is 12.1 Å². The molecule has 1 aliphatic rings. The van der Waals surface area contributed by atoms with E-state index in [1.165, 1.54) is 0 Å². The monoisotopic (exact) mass is 285 g/mol. The van der Waals surface area contributed by atoms with Crippen LogP contribution in [0.15, 0.2) is 18.2 Å². The van der Waals surface area contributed by atoms with Crippen molar-refractivity contribution in [2.24, 2.45) is 0 Å².